The lowest BCUT2D eigenvalue weighted by Gasteiger charge is -2.30. The number of aromatic nitrogens is 3. The Morgan fingerprint density at radius 1 is 0.597 bits per heavy atom. The number of carboxylic acids is 2. The molecule has 17 nitrogen and oxygen atoms in total. The normalized spacial score (nSPS) is 15.8. The van der Waals surface area contributed by atoms with Gasteiger partial charge in [-0.3, -0.25) is 28.8 Å². The van der Waals surface area contributed by atoms with Crippen LogP contribution in [0.25, 0.3) is 0 Å². The average Bonchev–Trinajstić information content (AvgIpc) is 3.69. The number of hydrogen-bond donors (Lipinski definition) is 5. The number of aryl methyl sites for hydroxylation is 4. The number of carboxylic acid groups (broad SMARTS) is 2. The largest absolute Gasteiger partial charge is 0.481 e. The van der Waals surface area contributed by atoms with Gasteiger partial charge < -0.3 is 49.0 Å². The SMILES string of the molecule is C1=C(N2CCOCC2)CCCCC1.CCOC(=O)CCC(=O)Cl.CCOC(=O)CCc1c(C(=O)OCC)[nH]c2c1CCCCC2.O=C(O)CCc1c[nH]c2c1CCCCC2.O=Cc1[nH]c2c(c1CCC(=O)O)CCCCC2. The van der Waals surface area contributed by atoms with Crippen molar-refractivity contribution in [2.75, 3.05) is 46.1 Å². The van der Waals surface area contributed by atoms with Gasteiger partial charge in [0.2, 0.25) is 5.24 Å². The Labute approximate surface area is 460 Å². The third-order valence-electron chi connectivity index (χ3n) is 14.3. The highest BCUT2D eigenvalue weighted by Gasteiger charge is 2.25. The van der Waals surface area contributed by atoms with E-state index < -0.39 is 17.2 Å². The minimum Gasteiger partial charge on any atom is -0.481 e. The van der Waals surface area contributed by atoms with Crippen molar-refractivity contribution in [2.24, 2.45) is 0 Å². The number of hydrogen-bond acceptors (Lipinski definition) is 12. The monoisotopic (exact) mass is 1090 g/mol. The minimum atomic E-state index is -0.814. The van der Waals surface area contributed by atoms with E-state index in [1.54, 1.807) is 26.5 Å². The van der Waals surface area contributed by atoms with E-state index in [2.05, 4.69) is 30.7 Å². The highest BCUT2D eigenvalue weighted by atomic mass is 35.5. The molecule has 77 heavy (non-hydrogen) atoms. The molecule has 4 aliphatic carbocycles. The van der Waals surface area contributed by atoms with Gasteiger partial charge in [-0.15, -0.1) is 0 Å². The van der Waals surface area contributed by atoms with Gasteiger partial charge in [-0.2, -0.15) is 0 Å². The van der Waals surface area contributed by atoms with Gasteiger partial charge in [-0.1, -0.05) is 31.8 Å². The van der Waals surface area contributed by atoms with E-state index in [0.29, 0.717) is 56.9 Å². The molecule has 428 valence electrons. The number of halogens is 1. The van der Waals surface area contributed by atoms with Gasteiger partial charge in [0.15, 0.2) is 6.29 Å². The van der Waals surface area contributed by atoms with E-state index in [9.17, 15) is 33.6 Å². The molecule has 8 rings (SSSR count). The van der Waals surface area contributed by atoms with Crippen LogP contribution < -0.4 is 0 Å². The number of aldehydes is 1. The molecule has 0 atom stereocenters. The van der Waals surface area contributed by atoms with Crippen molar-refractivity contribution in [3.8, 4) is 0 Å². The number of aliphatic carboxylic acids is 2. The number of carbonyl (C=O) groups is 7. The molecule has 0 saturated carbocycles. The quantitative estimate of drug-likeness (QED) is 0.0261. The topological polar surface area (TPSA) is 247 Å². The summed E-state index contributed by atoms with van der Waals surface area (Å²) in [5, 5.41) is 16.9. The van der Waals surface area contributed by atoms with Gasteiger partial charge in [0.05, 0.1) is 45.1 Å². The lowest BCUT2D eigenvalue weighted by atomic mass is 10.00. The molecule has 3 aromatic rings. The number of fused-ring (bicyclic) bond motifs is 3. The third kappa shape index (κ3) is 23.1. The molecular formula is C59H87ClN4O13. The molecule has 0 spiro atoms. The van der Waals surface area contributed by atoms with Crippen molar-refractivity contribution in [1.82, 2.24) is 19.9 Å². The smallest absolute Gasteiger partial charge is 0.355 e. The van der Waals surface area contributed by atoms with Crippen molar-refractivity contribution in [2.45, 2.75) is 201 Å². The fourth-order valence-corrected chi connectivity index (χ4v) is 10.6. The van der Waals surface area contributed by atoms with Gasteiger partial charge in [-0.25, -0.2) is 4.79 Å². The molecule has 0 bridgehead atoms. The molecular weight excluding hydrogens is 1010 g/mol. The maximum atomic E-state index is 12.2. The van der Waals surface area contributed by atoms with Crippen LogP contribution in [-0.4, -0.2) is 118 Å². The number of morpholine rings is 1. The van der Waals surface area contributed by atoms with E-state index in [-0.39, 0.29) is 43.6 Å². The van der Waals surface area contributed by atoms with Gasteiger partial charge in [-0.05, 0) is 188 Å². The van der Waals surface area contributed by atoms with Crippen molar-refractivity contribution in [1.29, 1.82) is 0 Å². The minimum absolute atomic E-state index is 0.0559. The lowest BCUT2D eigenvalue weighted by Crippen LogP contribution is -2.35. The van der Waals surface area contributed by atoms with E-state index in [1.165, 1.54) is 92.2 Å². The van der Waals surface area contributed by atoms with E-state index in [4.69, 9.17) is 36.0 Å². The molecule has 1 aliphatic heterocycles. The summed E-state index contributed by atoms with van der Waals surface area (Å²) in [5.41, 5.74) is 13.2. The maximum Gasteiger partial charge on any atom is 0.355 e. The van der Waals surface area contributed by atoms with Gasteiger partial charge in [0.25, 0.3) is 0 Å². The van der Waals surface area contributed by atoms with Crippen LogP contribution in [0.3, 0.4) is 0 Å². The third-order valence-corrected chi connectivity index (χ3v) is 14.5. The molecule has 4 heterocycles. The number of nitrogens with one attached hydrogen (secondary N) is 3. The number of H-pyrrole nitrogens is 3. The first-order valence-electron chi connectivity index (χ1n) is 28.5. The molecule has 3 aromatic heterocycles. The lowest BCUT2D eigenvalue weighted by molar-refractivity contribution is -0.144. The van der Waals surface area contributed by atoms with Gasteiger partial charge in [0, 0.05) is 67.7 Å². The second-order valence-electron chi connectivity index (χ2n) is 19.8. The van der Waals surface area contributed by atoms with Crippen molar-refractivity contribution in [3.05, 3.63) is 79.8 Å². The van der Waals surface area contributed by atoms with Crippen LogP contribution >= 0.6 is 11.6 Å². The Balaban J connectivity index is 0.000000213. The summed E-state index contributed by atoms with van der Waals surface area (Å²) in [5.74, 6) is -2.45. The molecule has 18 heteroatoms. The number of allylic oxidation sites excluding steroid dienone is 2. The average molecular weight is 1100 g/mol. The highest BCUT2D eigenvalue weighted by Crippen LogP contribution is 2.30. The zero-order valence-electron chi connectivity index (χ0n) is 46.2. The van der Waals surface area contributed by atoms with Crippen LogP contribution in [0.5, 0.6) is 0 Å². The Hall–Kier alpha value is -5.68. The second-order valence-corrected chi connectivity index (χ2v) is 20.3. The summed E-state index contributed by atoms with van der Waals surface area (Å²) >= 11 is 4.98. The molecule has 0 aromatic carbocycles. The summed E-state index contributed by atoms with van der Waals surface area (Å²) < 4.78 is 20.0. The highest BCUT2D eigenvalue weighted by molar-refractivity contribution is 6.63. The Morgan fingerprint density at radius 3 is 1.71 bits per heavy atom. The van der Waals surface area contributed by atoms with Crippen LogP contribution in [0.1, 0.15) is 214 Å². The zero-order chi connectivity index (χ0) is 55.8. The number of ether oxygens (including phenoxy) is 4. The number of nitrogens with zero attached hydrogens (tertiary/aromatic N) is 1. The van der Waals surface area contributed by atoms with Crippen LogP contribution in [0.4, 0.5) is 0 Å². The fourth-order valence-electron chi connectivity index (χ4n) is 10.5. The van der Waals surface area contributed by atoms with Crippen molar-refractivity contribution >= 4 is 53.0 Å². The first-order chi connectivity index (χ1) is 37.3. The first kappa shape index (κ1) is 63.8. The van der Waals surface area contributed by atoms with E-state index in [1.807, 2.05) is 6.20 Å². The van der Waals surface area contributed by atoms with Crippen LogP contribution in [0.15, 0.2) is 18.0 Å². The summed E-state index contributed by atoms with van der Waals surface area (Å²) in [6.45, 7) is 10.4. The molecule has 0 unspecified atom stereocenters. The molecule has 5 N–H and O–H groups in total. The molecule has 0 amide bonds. The summed E-state index contributed by atoms with van der Waals surface area (Å²) in [7, 11) is 0. The van der Waals surface area contributed by atoms with E-state index >= 15 is 0 Å². The molecule has 0 radical (unpaired) electrons. The summed E-state index contributed by atoms with van der Waals surface area (Å²) in [4.78, 5) is 88.8. The van der Waals surface area contributed by atoms with Gasteiger partial charge in [0.1, 0.15) is 5.69 Å². The number of aromatic amines is 3. The van der Waals surface area contributed by atoms with Crippen LogP contribution in [-0.2, 0) is 101 Å². The number of carbonyl (C=O) groups excluding carboxylic acids is 5. The van der Waals surface area contributed by atoms with Crippen molar-refractivity contribution in [3.63, 3.8) is 0 Å². The number of rotatable bonds is 18. The second kappa shape index (κ2) is 36.4. The van der Waals surface area contributed by atoms with Crippen LogP contribution in [0, 0.1) is 0 Å². The predicted molar refractivity (Wildman–Crippen MR) is 295 cm³/mol. The van der Waals surface area contributed by atoms with Gasteiger partial charge >= 0.3 is 29.8 Å². The fraction of sp³-hybridized carbons (Fsp3) is 0.644. The molecule has 1 fully saturated rings. The zero-order valence-corrected chi connectivity index (χ0v) is 46.9. The van der Waals surface area contributed by atoms with E-state index in [0.717, 1.165) is 119 Å². The summed E-state index contributed by atoms with van der Waals surface area (Å²) in [6, 6.07) is 0. The predicted octanol–water partition coefficient (Wildman–Crippen LogP) is 10.6. The standard InChI is InChI=1S/C17H25NO4.C13H17NO3.C12H17NO2.C11H19NO.C6H9ClO3/c1-3-21-15(19)11-10-13-12-8-6-5-7-9-14(12)18-16(13)17(20)22-4-2;15-8-12-10(6-7-13(16)17)9-4-2-1-3-5-11(9)14-12;14-12(15)7-6-9-8-13-11-5-3-1-2-4-10(9)11;1-2-4-6-11(5-3-1)12-7-9-13-10-8-12;1-2-10-6(9)4-3-5(7)8/h18H,3-11H2,1-2H3;8,14H,1-7H2,(H,16,17);8,13H,1-7H2,(H,14,15);5H,1-4,6-10H2;2-4H2,1H3. The molecule has 1 saturated heterocycles. The Morgan fingerprint density at radius 2 is 1.12 bits per heavy atom. The molecule has 5 aliphatic rings. The summed E-state index contributed by atoms with van der Waals surface area (Å²) in [6.07, 6.45) is 31.2. The number of esters is 3. The Bertz CT molecular complexity index is 2360. The first-order valence-corrected chi connectivity index (χ1v) is 28.9. The van der Waals surface area contributed by atoms with Crippen molar-refractivity contribution < 1.29 is 62.7 Å². The van der Waals surface area contributed by atoms with Crippen LogP contribution in [0.2, 0.25) is 0 Å². The Kier molecular flexibility index (Phi) is 30.2. The maximum absolute atomic E-state index is 12.2.